The normalized spacial score (nSPS) is 17.2. The highest BCUT2D eigenvalue weighted by molar-refractivity contribution is 6.46. The average Bonchev–Trinajstić information content (AvgIpc) is 3.09. The van der Waals surface area contributed by atoms with Gasteiger partial charge in [0.2, 0.25) is 0 Å². The summed E-state index contributed by atoms with van der Waals surface area (Å²) >= 11 is 12.5. The number of carbonyl (C=O) groups is 2. The smallest absolute Gasteiger partial charge is 0.295 e. The van der Waals surface area contributed by atoms with Gasteiger partial charge in [-0.1, -0.05) is 71.7 Å². The van der Waals surface area contributed by atoms with Crippen molar-refractivity contribution in [2.24, 2.45) is 0 Å². The van der Waals surface area contributed by atoms with Gasteiger partial charge >= 0.3 is 0 Å². The van der Waals surface area contributed by atoms with E-state index in [-0.39, 0.29) is 39.2 Å². The highest BCUT2D eigenvalue weighted by Gasteiger charge is 2.46. The van der Waals surface area contributed by atoms with Crippen LogP contribution in [0.2, 0.25) is 10.0 Å². The summed E-state index contributed by atoms with van der Waals surface area (Å²) < 4.78 is 10.6. The van der Waals surface area contributed by atoms with Gasteiger partial charge in [-0.2, -0.15) is 0 Å². The summed E-state index contributed by atoms with van der Waals surface area (Å²) in [5.74, 6) is -1.07. The number of likely N-dealkylation sites (tertiary alicyclic amines) is 1. The first-order valence-electron chi connectivity index (χ1n) is 10.4. The monoisotopic (exact) mass is 497 g/mol. The minimum absolute atomic E-state index is 0.0524. The molecule has 1 aliphatic heterocycles. The molecule has 1 atom stereocenters. The number of carbonyl (C=O) groups excluding carboxylic acids is 2. The Morgan fingerprint density at radius 3 is 2.18 bits per heavy atom. The van der Waals surface area contributed by atoms with Gasteiger partial charge in [-0.3, -0.25) is 9.59 Å². The number of benzene rings is 3. The first-order valence-corrected chi connectivity index (χ1v) is 11.1. The Morgan fingerprint density at radius 1 is 0.941 bits per heavy atom. The first-order chi connectivity index (χ1) is 16.4. The first kappa shape index (κ1) is 23.7. The van der Waals surface area contributed by atoms with E-state index in [1.165, 1.54) is 24.1 Å². The zero-order chi connectivity index (χ0) is 24.4. The van der Waals surface area contributed by atoms with Crippen LogP contribution in [0.1, 0.15) is 22.7 Å². The third-order valence-corrected chi connectivity index (χ3v) is 6.23. The lowest BCUT2D eigenvalue weighted by atomic mass is 9.95. The third kappa shape index (κ3) is 4.22. The number of hydrogen-bond acceptors (Lipinski definition) is 5. The fourth-order valence-corrected chi connectivity index (χ4v) is 4.73. The van der Waals surface area contributed by atoms with Gasteiger partial charge in [-0.05, 0) is 23.8 Å². The molecule has 174 valence electrons. The Bertz CT molecular complexity index is 1270. The molecule has 0 aromatic heterocycles. The second-order valence-corrected chi connectivity index (χ2v) is 8.44. The molecule has 1 saturated heterocycles. The van der Waals surface area contributed by atoms with Crippen molar-refractivity contribution in [3.63, 3.8) is 0 Å². The van der Waals surface area contributed by atoms with Gasteiger partial charge in [-0.25, -0.2) is 0 Å². The maximum Gasteiger partial charge on any atom is 0.295 e. The summed E-state index contributed by atoms with van der Waals surface area (Å²) in [6, 6.07) is 18.3. The van der Waals surface area contributed by atoms with Crippen molar-refractivity contribution in [2.45, 2.75) is 12.6 Å². The van der Waals surface area contributed by atoms with Crippen LogP contribution >= 0.6 is 23.2 Å². The standard InChI is InChI=1S/C26H21Cl2NO5/c1-33-20-11-7-6-10-16(20)14-29-22(15-8-4-3-5-9-15)21(24(31)26(29)32)23(30)17-12-18(27)25(34-2)19(28)13-17/h3-13,22,30H,14H2,1-2H3/b23-21+. The molecule has 0 bridgehead atoms. The van der Waals surface area contributed by atoms with E-state index in [0.29, 0.717) is 11.3 Å². The number of para-hydroxylation sites is 1. The van der Waals surface area contributed by atoms with Gasteiger partial charge in [-0.15, -0.1) is 0 Å². The highest BCUT2D eigenvalue weighted by atomic mass is 35.5. The van der Waals surface area contributed by atoms with Crippen molar-refractivity contribution >= 4 is 40.7 Å². The van der Waals surface area contributed by atoms with Gasteiger partial charge in [0.25, 0.3) is 11.7 Å². The van der Waals surface area contributed by atoms with Crippen molar-refractivity contribution in [3.05, 3.63) is 99.0 Å². The van der Waals surface area contributed by atoms with Crippen LogP contribution in [-0.4, -0.2) is 35.9 Å². The Labute approximate surface area is 206 Å². The summed E-state index contributed by atoms with van der Waals surface area (Å²) in [4.78, 5) is 27.8. The number of amides is 1. The van der Waals surface area contributed by atoms with Crippen LogP contribution in [0.25, 0.3) is 5.76 Å². The quantitative estimate of drug-likeness (QED) is 0.271. The van der Waals surface area contributed by atoms with Gasteiger partial charge in [0.15, 0.2) is 5.75 Å². The molecule has 34 heavy (non-hydrogen) atoms. The van der Waals surface area contributed by atoms with Crippen molar-refractivity contribution in [1.29, 1.82) is 0 Å². The predicted octanol–water partition coefficient (Wildman–Crippen LogP) is 5.63. The number of halogens is 2. The van der Waals surface area contributed by atoms with Gasteiger partial charge in [0, 0.05) is 11.1 Å². The molecule has 8 heteroatoms. The fraction of sp³-hybridized carbons (Fsp3) is 0.154. The maximum absolute atomic E-state index is 13.2. The van der Waals surface area contributed by atoms with Crippen LogP contribution in [0.3, 0.4) is 0 Å². The second kappa shape index (κ2) is 9.79. The molecule has 0 aliphatic carbocycles. The third-order valence-electron chi connectivity index (χ3n) is 5.66. The Balaban J connectivity index is 1.88. The molecular weight excluding hydrogens is 477 g/mol. The van der Waals surface area contributed by atoms with Crippen LogP contribution in [0.15, 0.2) is 72.3 Å². The minimum atomic E-state index is -0.828. The zero-order valence-corrected chi connectivity index (χ0v) is 19.9. The average molecular weight is 498 g/mol. The molecule has 6 nitrogen and oxygen atoms in total. The number of aliphatic hydroxyl groups excluding tert-OH is 1. The molecule has 0 spiro atoms. The lowest BCUT2D eigenvalue weighted by Gasteiger charge is -2.26. The van der Waals surface area contributed by atoms with Crippen molar-refractivity contribution < 1.29 is 24.2 Å². The SMILES string of the molecule is COc1ccccc1CN1C(=O)C(=O)/C(=C(/O)c2cc(Cl)c(OC)c(Cl)c2)C1c1ccccc1. The second-order valence-electron chi connectivity index (χ2n) is 7.62. The predicted molar refractivity (Wildman–Crippen MR) is 130 cm³/mol. The van der Waals surface area contributed by atoms with E-state index < -0.39 is 17.7 Å². The number of ketones is 1. The Hall–Kier alpha value is -3.48. The molecule has 1 amide bonds. The minimum Gasteiger partial charge on any atom is -0.507 e. The zero-order valence-electron chi connectivity index (χ0n) is 18.4. The maximum atomic E-state index is 13.2. The molecule has 1 fully saturated rings. The highest BCUT2D eigenvalue weighted by Crippen LogP contribution is 2.42. The van der Waals surface area contributed by atoms with E-state index >= 15 is 0 Å². The van der Waals surface area contributed by atoms with Gasteiger partial charge in [0.1, 0.15) is 11.5 Å². The van der Waals surface area contributed by atoms with Crippen LogP contribution < -0.4 is 9.47 Å². The summed E-state index contributed by atoms with van der Waals surface area (Å²) in [7, 11) is 2.96. The van der Waals surface area contributed by atoms with Crippen LogP contribution in [0, 0.1) is 0 Å². The van der Waals surface area contributed by atoms with Gasteiger partial charge < -0.3 is 19.5 Å². The number of methoxy groups -OCH3 is 2. The van der Waals surface area contributed by atoms with E-state index in [0.717, 1.165) is 5.56 Å². The lowest BCUT2D eigenvalue weighted by Crippen LogP contribution is -2.29. The number of nitrogens with zero attached hydrogens (tertiary/aromatic N) is 1. The lowest BCUT2D eigenvalue weighted by molar-refractivity contribution is -0.140. The summed E-state index contributed by atoms with van der Waals surface area (Å²) in [5.41, 5.74) is 1.54. The molecule has 1 aliphatic rings. The Morgan fingerprint density at radius 2 is 1.56 bits per heavy atom. The van der Waals surface area contributed by atoms with E-state index in [2.05, 4.69) is 0 Å². The van der Waals surface area contributed by atoms with Crippen LogP contribution in [-0.2, 0) is 16.1 Å². The summed E-state index contributed by atoms with van der Waals surface area (Å²) in [5, 5.41) is 11.6. The number of Topliss-reactive ketones (excluding diaryl/α,β-unsaturated/α-hetero) is 1. The van der Waals surface area contributed by atoms with E-state index in [4.69, 9.17) is 32.7 Å². The molecule has 1 unspecified atom stereocenters. The largest absolute Gasteiger partial charge is 0.507 e. The van der Waals surface area contributed by atoms with E-state index in [1.54, 1.807) is 37.4 Å². The molecule has 3 aromatic carbocycles. The molecule has 4 rings (SSSR count). The molecule has 1 heterocycles. The number of rotatable bonds is 6. The van der Waals surface area contributed by atoms with Crippen LogP contribution in [0.5, 0.6) is 11.5 Å². The topological polar surface area (TPSA) is 76.1 Å². The summed E-state index contributed by atoms with van der Waals surface area (Å²) in [6.07, 6.45) is 0. The van der Waals surface area contributed by atoms with Gasteiger partial charge in [0.05, 0.1) is 42.4 Å². The molecule has 3 aromatic rings. The fourth-order valence-electron chi connectivity index (χ4n) is 4.09. The number of aliphatic hydroxyl groups is 1. The summed E-state index contributed by atoms with van der Waals surface area (Å²) in [6.45, 7) is 0.106. The number of ether oxygens (including phenoxy) is 2. The van der Waals surface area contributed by atoms with Crippen molar-refractivity contribution in [1.82, 2.24) is 4.90 Å². The molecule has 0 radical (unpaired) electrons. The molecule has 1 N–H and O–H groups in total. The van der Waals surface area contributed by atoms with E-state index in [9.17, 15) is 14.7 Å². The molecule has 0 saturated carbocycles. The number of hydrogen-bond donors (Lipinski definition) is 1. The van der Waals surface area contributed by atoms with Crippen molar-refractivity contribution in [3.8, 4) is 11.5 Å². The molecular formula is C26H21Cl2NO5. The van der Waals surface area contributed by atoms with Crippen molar-refractivity contribution in [2.75, 3.05) is 14.2 Å². The van der Waals surface area contributed by atoms with E-state index in [1.807, 2.05) is 24.3 Å². The Kier molecular flexibility index (Phi) is 6.82. The van der Waals surface area contributed by atoms with Crippen LogP contribution in [0.4, 0.5) is 0 Å².